The molecule has 0 aromatic heterocycles. The summed E-state index contributed by atoms with van der Waals surface area (Å²) >= 11 is 0. The predicted molar refractivity (Wildman–Crippen MR) is 108 cm³/mol. The molecule has 1 heterocycles. The smallest absolute Gasteiger partial charge is 0.288 e. The molecule has 0 atom stereocenters. The van der Waals surface area contributed by atoms with Crippen molar-refractivity contribution < 1.29 is 17.4 Å². The molecule has 0 fully saturated rings. The van der Waals surface area contributed by atoms with E-state index < -0.39 is 10.1 Å². The van der Waals surface area contributed by atoms with E-state index in [2.05, 4.69) is 19.9 Å². The van der Waals surface area contributed by atoms with E-state index in [1.165, 1.54) is 5.06 Å². The Kier molecular flexibility index (Phi) is 5.77. The topological polar surface area (TPSA) is 55.8 Å². The number of rotatable bonds is 7. The zero-order valence-electron chi connectivity index (χ0n) is 16.4. The standard InChI is InChI=1S/C21H27NO4S/c1-5-12-27(23,24)26-22-18-14-15(6-2)13-17(8-4)21(18)25-19-11-9-10-16(7-3)20(19)22/h9-11,13-14H,5-8,12H2,1-4H3. The van der Waals surface area contributed by atoms with Crippen LogP contribution in [-0.4, -0.2) is 14.2 Å². The summed E-state index contributed by atoms with van der Waals surface area (Å²) in [5.41, 5.74) is 4.46. The van der Waals surface area contributed by atoms with Gasteiger partial charge in [0, 0.05) is 0 Å². The van der Waals surface area contributed by atoms with Crippen molar-refractivity contribution in [2.45, 2.75) is 53.4 Å². The number of fused-ring (bicyclic) bond motifs is 2. The summed E-state index contributed by atoms with van der Waals surface area (Å²) in [4.78, 5) is 0. The van der Waals surface area contributed by atoms with Crippen molar-refractivity contribution in [3.8, 4) is 11.5 Å². The number of hydrogen-bond donors (Lipinski definition) is 0. The Hall–Kier alpha value is -2.05. The molecule has 2 aromatic rings. The normalized spacial score (nSPS) is 13.1. The van der Waals surface area contributed by atoms with Crippen molar-refractivity contribution in [3.05, 3.63) is 47.0 Å². The molecule has 1 aliphatic rings. The van der Waals surface area contributed by atoms with Crippen molar-refractivity contribution in [3.63, 3.8) is 0 Å². The Labute approximate surface area is 162 Å². The highest BCUT2D eigenvalue weighted by molar-refractivity contribution is 7.86. The van der Waals surface area contributed by atoms with Gasteiger partial charge in [0.25, 0.3) is 10.1 Å². The van der Waals surface area contributed by atoms with Crippen LogP contribution in [0.15, 0.2) is 30.3 Å². The Balaban J connectivity index is 2.24. The molecule has 0 N–H and O–H groups in total. The third-order valence-corrected chi connectivity index (χ3v) is 6.02. The van der Waals surface area contributed by atoms with Crippen LogP contribution in [0.3, 0.4) is 0 Å². The van der Waals surface area contributed by atoms with Crippen LogP contribution in [0.4, 0.5) is 11.4 Å². The van der Waals surface area contributed by atoms with Gasteiger partial charge in [-0.25, -0.2) is 0 Å². The minimum Gasteiger partial charge on any atom is -0.452 e. The van der Waals surface area contributed by atoms with Crippen LogP contribution in [-0.2, 0) is 33.7 Å². The van der Waals surface area contributed by atoms with E-state index in [0.717, 1.165) is 36.0 Å². The minimum atomic E-state index is -3.71. The average molecular weight is 390 g/mol. The monoisotopic (exact) mass is 389 g/mol. The maximum Gasteiger partial charge on any atom is 0.288 e. The molecule has 27 heavy (non-hydrogen) atoms. The van der Waals surface area contributed by atoms with Gasteiger partial charge in [0.05, 0.1) is 5.75 Å². The van der Waals surface area contributed by atoms with E-state index in [1.54, 1.807) is 0 Å². The van der Waals surface area contributed by atoms with Crippen LogP contribution >= 0.6 is 0 Å². The van der Waals surface area contributed by atoms with Crippen LogP contribution in [0.25, 0.3) is 0 Å². The Morgan fingerprint density at radius 1 is 1.00 bits per heavy atom. The highest BCUT2D eigenvalue weighted by atomic mass is 32.2. The van der Waals surface area contributed by atoms with Gasteiger partial charge in [-0.1, -0.05) is 45.9 Å². The second-order valence-corrected chi connectivity index (χ2v) is 8.33. The summed E-state index contributed by atoms with van der Waals surface area (Å²) in [5.74, 6) is 1.26. The van der Waals surface area contributed by atoms with Crippen molar-refractivity contribution in [1.82, 2.24) is 0 Å². The minimum absolute atomic E-state index is 0.0303. The lowest BCUT2D eigenvalue weighted by Crippen LogP contribution is -2.28. The molecule has 0 spiro atoms. The lowest BCUT2D eigenvalue weighted by Gasteiger charge is -2.33. The number of para-hydroxylation sites is 1. The molecule has 6 heteroatoms. The van der Waals surface area contributed by atoms with Crippen molar-refractivity contribution >= 4 is 21.5 Å². The first kappa shape index (κ1) is 19.7. The number of anilines is 2. The molecule has 0 radical (unpaired) electrons. The molecule has 0 saturated carbocycles. The summed E-state index contributed by atoms with van der Waals surface area (Å²) in [6.07, 6.45) is 2.87. The molecular formula is C21H27NO4S. The van der Waals surface area contributed by atoms with E-state index in [1.807, 2.05) is 38.1 Å². The molecule has 0 unspecified atom stereocenters. The van der Waals surface area contributed by atoms with Gasteiger partial charge in [0.1, 0.15) is 11.4 Å². The van der Waals surface area contributed by atoms with Gasteiger partial charge >= 0.3 is 0 Å². The molecule has 5 nitrogen and oxygen atoms in total. The molecule has 3 rings (SSSR count). The molecule has 2 aromatic carbocycles. The summed E-state index contributed by atoms with van der Waals surface area (Å²) in [6.45, 7) is 8.00. The molecule has 1 aliphatic heterocycles. The zero-order chi connectivity index (χ0) is 19.6. The van der Waals surface area contributed by atoms with Gasteiger partial charge in [0.15, 0.2) is 11.5 Å². The highest BCUT2D eigenvalue weighted by Gasteiger charge is 2.32. The van der Waals surface area contributed by atoms with Crippen LogP contribution in [0.5, 0.6) is 11.5 Å². The van der Waals surface area contributed by atoms with Gasteiger partial charge in [0.2, 0.25) is 0 Å². The van der Waals surface area contributed by atoms with Gasteiger partial charge in [-0.15, -0.1) is 4.28 Å². The quantitative estimate of drug-likeness (QED) is 0.644. The second-order valence-electron chi connectivity index (χ2n) is 6.66. The molecule has 0 aliphatic carbocycles. The lowest BCUT2D eigenvalue weighted by molar-refractivity contribution is 0.306. The predicted octanol–water partition coefficient (Wildman–Crippen LogP) is 5.29. The highest BCUT2D eigenvalue weighted by Crippen LogP contribution is 2.50. The van der Waals surface area contributed by atoms with Gasteiger partial charge < -0.3 is 4.74 Å². The summed E-state index contributed by atoms with van der Waals surface area (Å²) in [5, 5.41) is 1.47. The van der Waals surface area contributed by atoms with Crippen molar-refractivity contribution in [1.29, 1.82) is 0 Å². The first-order valence-electron chi connectivity index (χ1n) is 9.61. The fourth-order valence-electron chi connectivity index (χ4n) is 3.35. The van der Waals surface area contributed by atoms with E-state index >= 15 is 0 Å². The maximum atomic E-state index is 12.5. The molecule has 0 amide bonds. The van der Waals surface area contributed by atoms with Gasteiger partial charge in [-0.3, -0.25) is 0 Å². The number of benzene rings is 2. The molecule has 0 bridgehead atoms. The summed E-state index contributed by atoms with van der Waals surface area (Å²) < 4.78 is 36.9. The van der Waals surface area contributed by atoms with Crippen LogP contribution < -0.4 is 9.80 Å². The van der Waals surface area contributed by atoms with Crippen LogP contribution in [0.2, 0.25) is 0 Å². The third-order valence-electron chi connectivity index (χ3n) is 4.73. The number of hydrogen-bond acceptors (Lipinski definition) is 5. The number of nitrogens with zero attached hydrogens (tertiary/aromatic N) is 1. The van der Waals surface area contributed by atoms with E-state index in [9.17, 15) is 8.42 Å². The maximum absolute atomic E-state index is 12.5. The van der Waals surface area contributed by atoms with Crippen LogP contribution in [0.1, 0.15) is 50.8 Å². The SMILES string of the molecule is CCCS(=O)(=O)ON1c2cc(CC)cc(CC)c2Oc2cccc(CC)c21. The molecule has 0 saturated heterocycles. The third kappa shape index (κ3) is 3.82. The second kappa shape index (κ2) is 7.90. The lowest BCUT2D eigenvalue weighted by atomic mass is 10.0. The van der Waals surface area contributed by atoms with Crippen molar-refractivity contribution in [2.24, 2.45) is 0 Å². The Bertz CT molecular complexity index is 937. The Morgan fingerprint density at radius 3 is 2.37 bits per heavy atom. The van der Waals surface area contributed by atoms with Crippen LogP contribution in [0, 0.1) is 0 Å². The average Bonchev–Trinajstić information content (AvgIpc) is 2.66. The molecular weight excluding hydrogens is 362 g/mol. The van der Waals surface area contributed by atoms with Gasteiger partial charge in [-0.05, 0) is 54.5 Å². The molecule has 146 valence electrons. The zero-order valence-corrected chi connectivity index (χ0v) is 17.2. The largest absolute Gasteiger partial charge is 0.452 e. The Morgan fingerprint density at radius 2 is 1.74 bits per heavy atom. The number of aryl methyl sites for hydroxylation is 3. The van der Waals surface area contributed by atoms with E-state index in [-0.39, 0.29) is 5.75 Å². The van der Waals surface area contributed by atoms with E-state index in [0.29, 0.717) is 29.3 Å². The van der Waals surface area contributed by atoms with E-state index in [4.69, 9.17) is 9.02 Å². The fraction of sp³-hybridized carbons (Fsp3) is 0.429. The summed E-state index contributed by atoms with van der Waals surface area (Å²) in [6, 6.07) is 9.83. The number of ether oxygens (including phenoxy) is 1. The first-order valence-corrected chi connectivity index (χ1v) is 11.2. The van der Waals surface area contributed by atoms with Gasteiger partial charge in [-0.2, -0.15) is 13.5 Å². The van der Waals surface area contributed by atoms with Crippen molar-refractivity contribution in [2.75, 3.05) is 10.8 Å². The fourth-order valence-corrected chi connectivity index (χ4v) is 4.30. The summed E-state index contributed by atoms with van der Waals surface area (Å²) in [7, 11) is -3.71. The first-order chi connectivity index (χ1) is 12.9.